The van der Waals surface area contributed by atoms with Gasteiger partial charge in [0.05, 0.1) is 15.5 Å². The normalized spacial score (nSPS) is 16.6. The molecule has 1 heterocycles. The minimum absolute atomic E-state index is 0.0273. The number of halogens is 1. The lowest BCUT2D eigenvalue weighted by Gasteiger charge is -2.31. The zero-order chi connectivity index (χ0) is 21.2. The molecule has 0 bridgehead atoms. The number of rotatable bonds is 4. The first-order chi connectivity index (χ1) is 13.6. The summed E-state index contributed by atoms with van der Waals surface area (Å²) in [5, 5.41) is 3.37. The third kappa shape index (κ3) is 5.00. The zero-order valence-electron chi connectivity index (χ0n) is 17.0. The second-order valence-corrected chi connectivity index (χ2v) is 10.8. The van der Waals surface area contributed by atoms with Gasteiger partial charge in [0, 0.05) is 19.1 Å². The van der Waals surface area contributed by atoms with Crippen molar-refractivity contribution in [1.82, 2.24) is 9.62 Å². The highest BCUT2D eigenvalue weighted by atomic mass is 35.5. The summed E-state index contributed by atoms with van der Waals surface area (Å²) in [6.45, 7) is 7.03. The van der Waals surface area contributed by atoms with Gasteiger partial charge in [0.1, 0.15) is 0 Å². The van der Waals surface area contributed by atoms with Gasteiger partial charge in [-0.3, -0.25) is 4.79 Å². The molecule has 1 N–H and O–H groups in total. The van der Waals surface area contributed by atoms with Gasteiger partial charge in [0.2, 0.25) is 10.0 Å². The van der Waals surface area contributed by atoms with Crippen molar-refractivity contribution < 1.29 is 13.2 Å². The molecule has 156 valence electrons. The van der Waals surface area contributed by atoms with Crippen LogP contribution in [0.2, 0.25) is 5.02 Å². The quantitative estimate of drug-likeness (QED) is 0.783. The number of amides is 1. The van der Waals surface area contributed by atoms with Crippen LogP contribution in [0.25, 0.3) is 0 Å². The summed E-state index contributed by atoms with van der Waals surface area (Å²) >= 11 is 6.08. The molecule has 0 aromatic heterocycles. The van der Waals surface area contributed by atoms with Gasteiger partial charge < -0.3 is 5.32 Å². The molecule has 1 saturated heterocycles. The third-order valence-corrected chi connectivity index (χ3v) is 7.51. The van der Waals surface area contributed by atoms with Crippen LogP contribution < -0.4 is 5.32 Å². The first-order valence-electron chi connectivity index (χ1n) is 9.75. The van der Waals surface area contributed by atoms with Gasteiger partial charge in [-0.15, -0.1) is 0 Å². The van der Waals surface area contributed by atoms with E-state index in [1.807, 2.05) is 12.1 Å². The fraction of sp³-hybridized carbons (Fsp3) is 0.409. The molecule has 7 heteroatoms. The van der Waals surface area contributed by atoms with Gasteiger partial charge in [0.25, 0.3) is 5.91 Å². The Balaban J connectivity index is 1.62. The van der Waals surface area contributed by atoms with Crippen LogP contribution in [0.4, 0.5) is 0 Å². The van der Waals surface area contributed by atoms with Gasteiger partial charge >= 0.3 is 0 Å². The Labute approximate surface area is 178 Å². The van der Waals surface area contributed by atoms with Crippen LogP contribution in [0.1, 0.15) is 49.5 Å². The standard InChI is InChI=1S/C22H27ClN2O3S/c1-22(2,3)16-8-10-18(11-9-16)29(27,28)25-14-12-17(13-15-25)24-21(26)19-6-4-5-7-20(19)23/h4-11,17H,12-15H2,1-3H3,(H,24,26). The fourth-order valence-electron chi connectivity index (χ4n) is 3.42. The van der Waals surface area contributed by atoms with Crippen molar-refractivity contribution in [2.45, 2.75) is 50.0 Å². The number of sulfonamides is 1. The molecule has 2 aromatic carbocycles. The minimum Gasteiger partial charge on any atom is -0.349 e. The topological polar surface area (TPSA) is 66.5 Å². The number of nitrogens with zero attached hydrogens (tertiary/aromatic N) is 1. The van der Waals surface area contributed by atoms with Crippen LogP contribution in [-0.2, 0) is 15.4 Å². The second kappa shape index (κ2) is 8.46. The Kier molecular flexibility index (Phi) is 6.36. The maximum atomic E-state index is 13.0. The number of hydrogen-bond donors (Lipinski definition) is 1. The van der Waals surface area contributed by atoms with Crippen LogP contribution in [-0.4, -0.2) is 37.8 Å². The predicted molar refractivity (Wildman–Crippen MR) is 116 cm³/mol. The van der Waals surface area contributed by atoms with Gasteiger partial charge in [-0.25, -0.2) is 8.42 Å². The molecule has 2 aromatic rings. The van der Waals surface area contributed by atoms with E-state index in [1.54, 1.807) is 36.4 Å². The summed E-state index contributed by atoms with van der Waals surface area (Å²) in [6, 6.07) is 13.9. The summed E-state index contributed by atoms with van der Waals surface area (Å²) in [4.78, 5) is 12.7. The Morgan fingerprint density at radius 2 is 1.62 bits per heavy atom. The number of hydrogen-bond acceptors (Lipinski definition) is 3. The Bertz CT molecular complexity index is 974. The van der Waals surface area contributed by atoms with Crippen molar-refractivity contribution in [3.63, 3.8) is 0 Å². The summed E-state index contributed by atoms with van der Waals surface area (Å²) in [5.41, 5.74) is 1.50. The zero-order valence-corrected chi connectivity index (χ0v) is 18.6. The molecule has 1 aliphatic rings. The van der Waals surface area contributed by atoms with Crippen molar-refractivity contribution in [3.8, 4) is 0 Å². The molecule has 0 saturated carbocycles. The third-order valence-electron chi connectivity index (χ3n) is 5.27. The van der Waals surface area contributed by atoms with Crippen LogP contribution in [0.15, 0.2) is 53.4 Å². The van der Waals surface area contributed by atoms with Crippen molar-refractivity contribution in [2.75, 3.05) is 13.1 Å². The Morgan fingerprint density at radius 3 is 2.17 bits per heavy atom. The SMILES string of the molecule is CC(C)(C)c1ccc(S(=O)(=O)N2CCC(NC(=O)c3ccccc3Cl)CC2)cc1. The molecular formula is C22H27ClN2O3S. The smallest absolute Gasteiger partial charge is 0.253 e. The predicted octanol–water partition coefficient (Wildman–Crippen LogP) is 4.22. The Hall–Kier alpha value is -1.89. The van der Waals surface area contributed by atoms with E-state index in [4.69, 9.17) is 11.6 Å². The molecule has 0 unspecified atom stereocenters. The number of piperidine rings is 1. The highest BCUT2D eigenvalue weighted by Gasteiger charge is 2.30. The van der Waals surface area contributed by atoms with Gasteiger partial charge in [-0.05, 0) is 48.1 Å². The molecule has 0 atom stereocenters. The summed E-state index contributed by atoms with van der Waals surface area (Å²) < 4.78 is 27.4. The number of carbonyl (C=O) groups is 1. The van der Waals surface area contributed by atoms with E-state index in [0.717, 1.165) is 5.56 Å². The molecule has 0 radical (unpaired) electrons. The second-order valence-electron chi connectivity index (χ2n) is 8.41. The van der Waals surface area contributed by atoms with Gasteiger partial charge in [0.15, 0.2) is 0 Å². The molecule has 0 aliphatic carbocycles. The molecule has 5 nitrogen and oxygen atoms in total. The van der Waals surface area contributed by atoms with E-state index in [-0.39, 0.29) is 17.4 Å². The van der Waals surface area contributed by atoms with E-state index >= 15 is 0 Å². The largest absolute Gasteiger partial charge is 0.349 e. The first-order valence-corrected chi connectivity index (χ1v) is 11.6. The van der Waals surface area contributed by atoms with Crippen molar-refractivity contribution in [1.29, 1.82) is 0 Å². The van der Waals surface area contributed by atoms with Crippen LogP contribution in [0, 0.1) is 0 Å². The maximum Gasteiger partial charge on any atom is 0.253 e. The van der Waals surface area contributed by atoms with Crippen molar-refractivity contribution in [3.05, 3.63) is 64.7 Å². The molecular weight excluding hydrogens is 408 g/mol. The minimum atomic E-state index is -3.54. The van der Waals surface area contributed by atoms with Gasteiger partial charge in [-0.2, -0.15) is 4.31 Å². The van der Waals surface area contributed by atoms with E-state index in [0.29, 0.717) is 41.4 Å². The van der Waals surface area contributed by atoms with E-state index < -0.39 is 10.0 Å². The monoisotopic (exact) mass is 434 g/mol. The molecule has 1 aliphatic heterocycles. The van der Waals surface area contributed by atoms with E-state index in [2.05, 4.69) is 26.1 Å². The average Bonchev–Trinajstić information content (AvgIpc) is 2.68. The van der Waals surface area contributed by atoms with E-state index in [9.17, 15) is 13.2 Å². The van der Waals surface area contributed by atoms with Crippen LogP contribution >= 0.6 is 11.6 Å². The lowest BCUT2D eigenvalue weighted by molar-refractivity contribution is 0.0924. The lowest BCUT2D eigenvalue weighted by atomic mass is 9.87. The van der Waals surface area contributed by atoms with Crippen LogP contribution in [0.3, 0.4) is 0 Å². The number of benzene rings is 2. The van der Waals surface area contributed by atoms with Crippen molar-refractivity contribution >= 4 is 27.5 Å². The Morgan fingerprint density at radius 1 is 1.03 bits per heavy atom. The number of carbonyl (C=O) groups excluding carboxylic acids is 1. The van der Waals surface area contributed by atoms with Crippen LogP contribution in [0.5, 0.6) is 0 Å². The molecule has 3 rings (SSSR count). The molecule has 29 heavy (non-hydrogen) atoms. The molecule has 1 amide bonds. The number of nitrogens with one attached hydrogen (secondary N) is 1. The highest BCUT2D eigenvalue weighted by Crippen LogP contribution is 2.26. The lowest BCUT2D eigenvalue weighted by Crippen LogP contribution is -2.46. The summed E-state index contributed by atoms with van der Waals surface area (Å²) in [6.07, 6.45) is 1.13. The van der Waals surface area contributed by atoms with Gasteiger partial charge in [-0.1, -0.05) is 56.6 Å². The summed E-state index contributed by atoms with van der Waals surface area (Å²) in [7, 11) is -3.54. The summed E-state index contributed by atoms with van der Waals surface area (Å²) in [5.74, 6) is -0.227. The molecule has 1 fully saturated rings. The first kappa shape index (κ1) is 21.8. The maximum absolute atomic E-state index is 13.0. The van der Waals surface area contributed by atoms with E-state index in [1.165, 1.54) is 4.31 Å². The van der Waals surface area contributed by atoms with Crippen molar-refractivity contribution in [2.24, 2.45) is 0 Å². The average molecular weight is 435 g/mol. The fourth-order valence-corrected chi connectivity index (χ4v) is 5.12. The highest BCUT2D eigenvalue weighted by molar-refractivity contribution is 7.89. The molecule has 0 spiro atoms.